The molecule has 6 heteroatoms. The zero-order chi connectivity index (χ0) is 15.4. The van der Waals surface area contributed by atoms with Crippen LogP contribution < -0.4 is 5.32 Å². The van der Waals surface area contributed by atoms with Gasteiger partial charge in [0, 0.05) is 10.8 Å². The number of para-hydroxylation sites is 1. The number of thiazole rings is 1. The lowest BCUT2D eigenvalue weighted by Gasteiger charge is -2.04. The average molecular weight is 349 g/mol. The maximum Gasteiger partial charge on any atom is 0.236 e. The third-order valence-corrected chi connectivity index (χ3v) is 5.29. The van der Waals surface area contributed by atoms with Crippen LogP contribution in [0.1, 0.15) is 5.56 Å². The van der Waals surface area contributed by atoms with Crippen LogP contribution in [0.2, 0.25) is 5.02 Å². The van der Waals surface area contributed by atoms with Crippen LogP contribution in [0.25, 0.3) is 10.2 Å². The average Bonchev–Trinajstić information content (AvgIpc) is 2.91. The van der Waals surface area contributed by atoms with Crippen molar-refractivity contribution < 1.29 is 4.79 Å². The Hall–Kier alpha value is -1.56. The molecule has 3 rings (SSSR count). The SMILES string of the molecule is O=C(CSCc1ccccc1Cl)Nc1nc2ccccc2s1. The molecular formula is C16H13ClN2OS2. The fraction of sp³-hybridized carbons (Fsp3) is 0.125. The van der Waals surface area contributed by atoms with E-state index in [2.05, 4.69) is 10.3 Å². The molecule has 0 spiro atoms. The van der Waals surface area contributed by atoms with E-state index in [-0.39, 0.29) is 5.91 Å². The van der Waals surface area contributed by atoms with Crippen LogP contribution in [0.3, 0.4) is 0 Å². The molecule has 0 unspecified atom stereocenters. The summed E-state index contributed by atoms with van der Waals surface area (Å²) in [5, 5.41) is 4.23. The van der Waals surface area contributed by atoms with Crippen molar-refractivity contribution in [1.82, 2.24) is 4.98 Å². The Labute approximate surface area is 141 Å². The molecule has 1 N–H and O–H groups in total. The van der Waals surface area contributed by atoms with E-state index >= 15 is 0 Å². The van der Waals surface area contributed by atoms with E-state index in [0.29, 0.717) is 16.6 Å². The minimum atomic E-state index is -0.0453. The number of nitrogens with zero attached hydrogens (tertiary/aromatic N) is 1. The van der Waals surface area contributed by atoms with E-state index in [0.717, 1.165) is 20.8 Å². The number of anilines is 1. The van der Waals surface area contributed by atoms with E-state index in [4.69, 9.17) is 11.6 Å². The lowest BCUT2D eigenvalue weighted by atomic mass is 10.2. The fourth-order valence-corrected chi connectivity index (χ4v) is 3.95. The molecule has 1 amide bonds. The first-order valence-electron chi connectivity index (χ1n) is 6.69. The molecular weight excluding hydrogens is 336 g/mol. The van der Waals surface area contributed by atoms with Crippen molar-refractivity contribution in [3.63, 3.8) is 0 Å². The molecule has 0 atom stereocenters. The number of carbonyl (C=O) groups excluding carboxylic acids is 1. The smallest absolute Gasteiger partial charge is 0.236 e. The second-order valence-corrected chi connectivity index (χ2v) is 7.04. The molecule has 1 aromatic heterocycles. The number of aromatic nitrogens is 1. The summed E-state index contributed by atoms with van der Waals surface area (Å²) in [6.07, 6.45) is 0. The first-order chi connectivity index (χ1) is 10.7. The number of amides is 1. The Bertz CT molecular complexity index is 770. The molecule has 3 aromatic rings. The molecule has 0 saturated heterocycles. The van der Waals surface area contributed by atoms with Gasteiger partial charge in [0.25, 0.3) is 0 Å². The van der Waals surface area contributed by atoms with Crippen LogP contribution in [-0.4, -0.2) is 16.6 Å². The monoisotopic (exact) mass is 348 g/mol. The highest BCUT2D eigenvalue weighted by Gasteiger charge is 2.08. The Morgan fingerprint density at radius 2 is 1.95 bits per heavy atom. The second-order valence-electron chi connectivity index (χ2n) is 4.62. The molecule has 112 valence electrons. The van der Waals surface area contributed by atoms with Crippen molar-refractivity contribution in [1.29, 1.82) is 0 Å². The summed E-state index contributed by atoms with van der Waals surface area (Å²) in [4.78, 5) is 16.4. The molecule has 0 aliphatic carbocycles. The predicted octanol–water partition coefficient (Wildman–Crippen LogP) is 4.82. The molecule has 0 saturated carbocycles. The van der Waals surface area contributed by atoms with Gasteiger partial charge in [-0.15, -0.1) is 11.8 Å². The van der Waals surface area contributed by atoms with E-state index in [1.165, 1.54) is 23.1 Å². The molecule has 1 heterocycles. The molecule has 0 aliphatic heterocycles. The highest BCUT2D eigenvalue weighted by Crippen LogP contribution is 2.26. The van der Waals surface area contributed by atoms with Crippen LogP contribution in [0.15, 0.2) is 48.5 Å². The molecule has 2 aromatic carbocycles. The van der Waals surface area contributed by atoms with E-state index in [1.54, 1.807) is 0 Å². The number of hydrogen-bond donors (Lipinski definition) is 1. The zero-order valence-corrected chi connectivity index (χ0v) is 14.0. The summed E-state index contributed by atoms with van der Waals surface area (Å²) >= 11 is 9.11. The number of nitrogens with one attached hydrogen (secondary N) is 1. The van der Waals surface area contributed by atoms with Gasteiger partial charge in [-0.2, -0.15) is 0 Å². The highest BCUT2D eigenvalue weighted by molar-refractivity contribution is 7.99. The normalized spacial score (nSPS) is 10.8. The van der Waals surface area contributed by atoms with E-state index in [1.807, 2.05) is 48.5 Å². The Kier molecular flexibility index (Phi) is 4.97. The summed E-state index contributed by atoms with van der Waals surface area (Å²) in [5.74, 6) is 1.05. The standard InChI is InChI=1S/C16H13ClN2OS2/c17-12-6-2-1-5-11(12)9-21-10-15(20)19-16-18-13-7-3-4-8-14(13)22-16/h1-8H,9-10H2,(H,18,19,20). The van der Waals surface area contributed by atoms with Gasteiger partial charge in [0.2, 0.25) is 5.91 Å². The first kappa shape index (κ1) is 15.3. The van der Waals surface area contributed by atoms with Crippen LogP contribution in [0.5, 0.6) is 0 Å². The molecule has 3 nitrogen and oxygen atoms in total. The maximum atomic E-state index is 12.0. The van der Waals surface area contributed by atoms with Gasteiger partial charge in [0.15, 0.2) is 5.13 Å². The lowest BCUT2D eigenvalue weighted by Crippen LogP contribution is -2.13. The Balaban J connectivity index is 1.53. The third kappa shape index (κ3) is 3.80. The second kappa shape index (κ2) is 7.13. The van der Waals surface area contributed by atoms with Crippen molar-refractivity contribution in [2.45, 2.75) is 5.75 Å². The summed E-state index contributed by atoms with van der Waals surface area (Å²) in [6.45, 7) is 0. The summed E-state index contributed by atoms with van der Waals surface area (Å²) < 4.78 is 1.07. The van der Waals surface area contributed by atoms with Crippen LogP contribution in [0.4, 0.5) is 5.13 Å². The number of hydrogen-bond acceptors (Lipinski definition) is 4. The number of carbonyl (C=O) groups is 1. The van der Waals surface area contributed by atoms with Crippen molar-refractivity contribution in [2.75, 3.05) is 11.1 Å². The quantitative estimate of drug-likeness (QED) is 0.718. The zero-order valence-electron chi connectivity index (χ0n) is 11.6. The van der Waals surface area contributed by atoms with Crippen LogP contribution in [-0.2, 0) is 10.5 Å². The number of rotatable bonds is 5. The maximum absolute atomic E-state index is 12.0. The molecule has 0 aliphatic rings. The number of fused-ring (bicyclic) bond motifs is 1. The van der Waals surface area contributed by atoms with Gasteiger partial charge in [0.1, 0.15) is 0 Å². The highest BCUT2D eigenvalue weighted by atomic mass is 35.5. The molecule has 0 radical (unpaired) electrons. The fourth-order valence-electron chi connectivity index (χ4n) is 1.95. The van der Waals surface area contributed by atoms with Crippen LogP contribution >= 0.6 is 34.7 Å². The van der Waals surface area contributed by atoms with Gasteiger partial charge in [-0.25, -0.2) is 4.98 Å². The van der Waals surface area contributed by atoms with Gasteiger partial charge in [-0.3, -0.25) is 4.79 Å². The summed E-state index contributed by atoms with van der Waals surface area (Å²) in [6, 6.07) is 15.5. The van der Waals surface area contributed by atoms with Crippen molar-refractivity contribution in [3.05, 3.63) is 59.1 Å². The molecule has 0 bridgehead atoms. The minimum absolute atomic E-state index is 0.0453. The van der Waals surface area contributed by atoms with Gasteiger partial charge < -0.3 is 5.32 Å². The van der Waals surface area contributed by atoms with Gasteiger partial charge in [-0.1, -0.05) is 53.3 Å². The summed E-state index contributed by atoms with van der Waals surface area (Å²) in [5.41, 5.74) is 1.95. The van der Waals surface area contributed by atoms with Gasteiger partial charge in [0.05, 0.1) is 16.0 Å². The molecule has 0 fully saturated rings. The van der Waals surface area contributed by atoms with E-state index < -0.39 is 0 Å². The Morgan fingerprint density at radius 1 is 1.18 bits per heavy atom. The van der Waals surface area contributed by atoms with Crippen molar-refractivity contribution in [3.8, 4) is 0 Å². The minimum Gasteiger partial charge on any atom is -0.301 e. The van der Waals surface area contributed by atoms with Crippen molar-refractivity contribution >= 4 is 56.0 Å². The van der Waals surface area contributed by atoms with Crippen LogP contribution in [0, 0.1) is 0 Å². The topological polar surface area (TPSA) is 42.0 Å². The first-order valence-corrected chi connectivity index (χ1v) is 9.04. The largest absolute Gasteiger partial charge is 0.301 e. The predicted molar refractivity (Wildman–Crippen MR) is 95.9 cm³/mol. The number of thioether (sulfide) groups is 1. The van der Waals surface area contributed by atoms with Gasteiger partial charge >= 0.3 is 0 Å². The lowest BCUT2D eigenvalue weighted by molar-refractivity contribution is -0.113. The van der Waals surface area contributed by atoms with Gasteiger partial charge in [-0.05, 0) is 23.8 Å². The van der Waals surface area contributed by atoms with Crippen molar-refractivity contribution in [2.24, 2.45) is 0 Å². The third-order valence-electron chi connectivity index (χ3n) is 2.99. The number of halogens is 1. The Morgan fingerprint density at radius 3 is 2.77 bits per heavy atom. The van der Waals surface area contributed by atoms with E-state index in [9.17, 15) is 4.79 Å². The summed E-state index contributed by atoms with van der Waals surface area (Å²) in [7, 11) is 0. The molecule has 22 heavy (non-hydrogen) atoms. The number of benzene rings is 2.